The zero-order valence-electron chi connectivity index (χ0n) is 14.4. The molecule has 1 aromatic heterocycles. The van der Waals surface area contributed by atoms with E-state index in [1.807, 2.05) is 34.7 Å². The third-order valence-electron chi connectivity index (χ3n) is 4.18. The number of hydrogen-bond acceptors (Lipinski definition) is 3. The number of nitrogens with one attached hydrogen (secondary N) is 1. The molecule has 1 amide bonds. The summed E-state index contributed by atoms with van der Waals surface area (Å²) in [5, 5.41) is 1.02. The van der Waals surface area contributed by atoms with E-state index in [2.05, 4.69) is 25.1 Å². The highest BCUT2D eigenvalue weighted by molar-refractivity contribution is 7.89. The third-order valence-corrected chi connectivity index (χ3v) is 4.73. The lowest BCUT2D eigenvalue weighted by atomic mass is 10.0. The van der Waals surface area contributed by atoms with Crippen molar-refractivity contribution in [1.82, 2.24) is 9.29 Å². The van der Waals surface area contributed by atoms with Crippen LogP contribution in [0.3, 0.4) is 0 Å². The van der Waals surface area contributed by atoms with Crippen molar-refractivity contribution in [2.75, 3.05) is 6.26 Å². The number of carbonyl (C=O) groups is 1. The fraction of sp³-hybridized carbons (Fsp3) is 0.211. The Morgan fingerprint density at radius 2 is 1.92 bits per heavy atom. The van der Waals surface area contributed by atoms with Crippen LogP contribution < -0.4 is 4.72 Å². The van der Waals surface area contributed by atoms with E-state index in [0.29, 0.717) is 5.56 Å². The van der Waals surface area contributed by atoms with Crippen LogP contribution in [0.1, 0.15) is 22.8 Å². The summed E-state index contributed by atoms with van der Waals surface area (Å²) in [6, 6.07) is 13.6. The number of fused-ring (bicyclic) bond motifs is 1. The van der Waals surface area contributed by atoms with Crippen molar-refractivity contribution in [1.29, 1.82) is 0 Å². The second kappa shape index (κ2) is 6.37. The van der Waals surface area contributed by atoms with Gasteiger partial charge in [0.05, 0.1) is 6.26 Å². The van der Waals surface area contributed by atoms with E-state index in [4.69, 9.17) is 0 Å². The van der Waals surface area contributed by atoms with Gasteiger partial charge in [-0.15, -0.1) is 0 Å². The number of hydrogen-bond donors (Lipinski definition) is 1. The van der Waals surface area contributed by atoms with Crippen LogP contribution in [0.5, 0.6) is 0 Å². The number of carbonyl (C=O) groups excluding carboxylic acids is 1. The molecule has 0 bridgehead atoms. The van der Waals surface area contributed by atoms with Crippen LogP contribution in [0, 0.1) is 0 Å². The minimum atomic E-state index is -3.59. The molecule has 5 nitrogen and oxygen atoms in total. The zero-order chi connectivity index (χ0) is 18.2. The van der Waals surface area contributed by atoms with Crippen molar-refractivity contribution in [3.05, 3.63) is 59.8 Å². The van der Waals surface area contributed by atoms with Gasteiger partial charge in [0.15, 0.2) is 0 Å². The highest BCUT2D eigenvalue weighted by atomic mass is 32.2. The molecule has 3 rings (SSSR count). The maximum atomic E-state index is 12.1. The topological polar surface area (TPSA) is 68.2 Å². The summed E-state index contributed by atoms with van der Waals surface area (Å²) in [6.07, 6.45) is 3.96. The molecule has 0 atom stereocenters. The van der Waals surface area contributed by atoms with E-state index >= 15 is 0 Å². The number of sulfonamides is 1. The molecule has 2 aromatic carbocycles. The van der Waals surface area contributed by atoms with Gasteiger partial charge in [-0.25, -0.2) is 13.1 Å². The predicted molar refractivity (Wildman–Crippen MR) is 100 cm³/mol. The van der Waals surface area contributed by atoms with Gasteiger partial charge < -0.3 is 4.57 Å². The quantitative estimate of drug-likeness (QED) is 0.781. The van der Waals surface area contributed by atoms with Crippen molar-refractivity contribution < 1.29 is 13.2 Å². The summed E-state index contributed by atoms with van der Waals surface area (Å²) >= 11 is 0. The molecule has 3 aromatic rings. The first kappa shape index (κ1) is 17.2. The highest BCUT2D eigenvalue weighted by Crippen LogP contribution is 2.31. The van der Waals surface area contributed by atoms with Crippen LogP contribution in [0.25, 0.3) is 22.0 Å². The van der Waals surface area contributed by atoms with Crippen molar-refractivity contribution in [2.24, 2.45) is 7.05 Å². The van der Waals surface area contributed by atoms with Gasteiger partial charge in [0.2, 0.25) is 10.0 Å². The molecule has 25 heavy (non-hydrogen) atoms. The van der Waals surface area contributed by atoms with Gasteiger partial charge in [-0.2, -0.15) is 0 Å². The maximum Gasteiger partial charge on any atom is 0.264 e. The smallest absolute Gasteiger partial charge is 0.264 e. The molecule has 0 aliphatic carbocycles. The number of aryl methyl sites for hydroxylation is 2. The van der Waals surface area contributed by atoms with Crippen molar-refractivity contribution in [3.63, 3.8) is 0 Å². The van der Waals surface area contributed by atoms with Gasteiger partial charge in [-0.05, 0) is 29.7 Å². The molecule has 0 spiro atoms. The van der Waals surface area contributed by atoms with Crippen molar-refractivity contribution in [3.8, 4) is 11.1 Å². The van der Waals surface area contributed by atoms with E-state index in [1.165, 1.54) is 5.56 Å². The second-order valence-electron chi connectivity index (χ2n) is 6.14. The standard InChI is InChI=1S/C19H20N2O3S/c1-4-13-6-5-7-14(10-13)17-12-21(2)18-11-15(8-9-16(17)18)19(22)20-25(3,23)24/h5-12H,4H2,1-3H3,(H,20,22). The molecular weight excluding hydrogens is 336 g/mol. The Morgan fingerprint density at radius 1 is 1.16 bits per heavy atom. The monoisotopic (exact) mass is 356 g/mol. The van der Waals surface area contributed by atoms with Crippen LogP contribution in [0.4, 0.5) is 0 Å². The summed E-state index contributed by atoms with van der Waals surface area (Å²) in [4.78, 5) is 12.1. The van der Waals surface area contributed by atoms with E-state index in [-0.39, 0.29) is 0 Å². The average molecular weight is 356 g/mol. The van der Waals surface area contributed by atoms with Gasteiger partial charge in [0.25, 0.3) is 5.91 Å². The van der Waals surface area contributed by atoms with Gasteiger partial charge in [-0.1, -0.05) is 37.3 Å². The SMILES string of the molecule is CCc1cccc(-c2cn(C)c3cc(C(=O)NS(C)(=O)=O)ccc23)c1. The van der Waals surface area contributed by atoms with Crippen molar-refractivity contribution >= 4 is 26.8 Å². The Bertz CT molecular complexity index is 1070. The average Bonchev–Trinajstić information content (AvgIpc) is 2.90. The normalized spacial score (nSPS) is 11.6. The first-order valence-electron chi connectivity index (χ1n) is 7.99. The van der Waals surface area contributed by atoms with E-state index in [0.717, 1.165) is 34.7 Å². The van der Waals surface area contributed by atoms with Gasteiger partial charge in [-0.3, -0.25) is 4.79 Å². The lowest BCUT2D eigenvalue weighted by Gasteiger charge is -2.05. The molecular formula is C19H20N2O3S. The van der Waals surface area contributed by atoms with Gasteiger partial charge in [0.1, 0.15) is 0 Å². The predicted octanol–water partition coefficient (Wildman–Crippen LogP) is 3.10. The number of benzene rings is 2. The lowest BCUT2D eigenvalue weighted by molar-refractivity contribution is 0.0982. The van der Waals surface area contributed by atoms with Crippen LogP contribution in [0.2, 0.25) is 0 Å². The molecule has 0 fully saturated rings. The zero-order valence-corrected chi connectivity index (χ0v) is 15.2. The van der Waals surface area contributed by atoms with E-state index in [1.54, 1.807) is 12.1 Å². The summed E-state index contributed by atoms with van der Waals surface area (Å²) in [5.41, 5.74) is 4.66. The fourth-order valence-corrected chi connectivity index (χ4v) is 3.40. The molecule has 0 saturated heterocycles. The van der Waals surface area contributed by atoms with Crippen LogP contribution >= 0.6 is 0 Å². The Kier molecular flexibility index (Phi) is 4.39. The summed E-state index contributed by atoms with van der Waals surface area (Å²) < 4.78 is 26.5. The van der Waals surface area contributed by atoms with Crippen LogP contribution in [-0.4, -0.2) is 25.1 Å². The number of aromatic nitrogens is 1. The Labute approximate surface area is 147 Å². The lowest BCUT2D eigenvalue weighted by Crippen LogP contribution is -2.29. The largest absolute Gasteiger partial charge is 0.350 e. The maximum absolute atomic E-state index is 12.1. The number of rotatable bonds is 4. The summed E-state index contributed by atoms with van der Waals surface area (Å²) in [7, 11) is -1.68. The van der Waals surface area contributed by atoms with Gasteiger partial charge >= 0.3 is 0 Å². The van der Waals surface area contributed by atoms with E-state index < -0.39 is 15.9 Å². The number of amides is 1. The molecule has 1 heterocycles. The summed E-state index contributed by atoms with van der Waals surface area (Å²) in [6.45, 7) is 2.12. The Morgan fingerprint density at radius 3 is 2.60 bits per heavy atom. The highest BCUT2D eigenvalue weighted by Gasteiger charge is 2.15. The first-order valence-corrected chi connectivity index (χ1v) is 9.88. The number of nitrogens with zero attached hydrogens (tertiary/aromatic N) is 1. The minimum Gasteiger partial charge on any atom is -0.350 e. The van der Waals surface area contributed by atoms with Gasteiger partial charge in [0, 0.05) is 35.3 Å². The van der Waals surface area contributed by atoms with Crippen LogP contribution in [-0.2, 0) is 23.5 Å². The third kappa shape index (κ3) is 3.58. The van der Waals surface area contributed by atoms with Crippen molar-refractivity contribution in [2.45, 2.75) is 13.3 Å². The molecule has 0 radical (unpaired) electrons. The van der Waals surface area contributed by atoms with E-state index in [9.17, 15) is 13.2 Å². The second-order valence-corrected chi connectivity index (χ2v) is 7.89. The summed E-state index contributed by atoms with van der Waals surface area (Å²) in [5.74, 6) is -0.625. The molecule has 130 valence electrons. The van der Waals surface area contributed by atoms with Crippen LogP contribution in [0.15, 0.2) is 48.7 Å². The molecule has 1 N–H and O–H groups in total. The fourth-order valence-electron chi connectivity index (χ4n) is 2.94. The molecule has 0 aliphatic rings. The molecule has 0 unspecified atom stereocenters. The minimum absolute atomic E-state index is 0.313. The Balaban J connectivity index is 2.08. The Hall–Kier alpha value is -2.60. The molecule has 6 heteroatoms. The molecule has 0 aliphatic heterocycles. The molecule has 0 saturated carbocycles. The first-order chi connectivity index (χ1) is 11.8.